The number of hydrogen-bond acceptors (Lipinski definition) is 5. The Balaban J connectivity index is 0.0000130. The van der Waals surface area contributed by atoms with Gasteiger partial charge in [0, 0.05) is 18.5 Å². The molecule has 5 N–H and O–H groups in total. The van der Waals surface area contributed by atoms with E-state index in [4.69, 9.17) is 22.1 Å². The van der Waals surface area contributed by atoms with Crippen LogP contribution in [-0.2, 0) is 16.6 Å². The third-order valence-electron chi connectivity index (χ3n) is 6.85. The van der Waals surface area contributed by atoms with Crippen LogP contribution in [0.15, 0.2) is 18.2 Å². The average Bonchev–Trinajstić information content (AvgIpc) is 2.81. The second kappa shape index (κ2) is 17.5. The SMILES string of the molecule is CCCCNC(=O)C(C)C[C@H](O)[C@@H](N)C[C@H](Cc1ccc(C(C)(C)C)c(OCC(O)CCl)c1)C(C)C.Cl. The molecule has 37 heavy (non-hydrogen) atoms. The summed E-state index contributed by atoms with van der Waals surface area (Å²) >= 11 is 5.75. The van der Waals surface area contributed by atoms with Gasteiger partial charge in [0.05, 0.1) is 12.0 Å². The number of hydrogen-bond donors (Lipinski definition) is 4. The summed E-state index contributed by atoms with van der Waals surface area (Å²) in [5.41, 5.74) is 8.54. The fourth-order valence-electron chi connectivity index (χ4n) is 4.27. The maximum absolute atomic E-state index is 12.3. The second-order valence-corrected chi connectivity index (χ2v) is 12.0. The van der Waals surface area contributed by atoms with E-state index in [1.807, 2.05) is 6.92 Å². The van der Waals surface area contributed by atoms with Crippen molar-refractivity contribution in [3.63, 3.8) is 0 Å². The average molecular weight is 564 g/mol. The van der Waals surface area contributed by atoms with Crippen molar-refractivity contribution in [2.45, 2.75) is 104 Å². The van der Waals surface area contributed by atoms with E-state index in [2.05, 4.69) is 65.1 Å². The van der Waals surface area contributed by atoms with Crippen molar-refractivity contribution in [3.05, 3.63) is 29.3 Å². The van der Waals surface area contributed by atoms with Gasteiger partial charge in [-0.15, -0.1) is 24.0 Å². The molecular formula is C29H52Cl2N2O4. The van der Waals surface area contributed by atoms with E-state index in [0.29, 0.717) is 25.3 Å². The molecular weight excluding hydrogens is 511 g/mol. The van der Waals surface area contributed by atoms with E-state index in [-0.39, 0.29) is 48.1 Å². The van der Waals surface area contributed by atoms with E-state index in [1.165, 1.54) is 0 Å². The molecule has 6 nitrogen and oxygen atoms in total. The Labute approximate surface area is 236 Å². The van der Waals surface area contributed by atoms with Crippen molar-refractivity contribution in [1.82, 2.24) is 5.32 Å². The van der Waals surface area contributed by atoms with Gasteiger partial charge in [-0.1, -0.05) is 67.0 Å². The minimum absolute atomic E-state index is 0. The van der Waals surface area contributed by atoms with Gasteiger partial charge in [0.1, 0.15) is 18.5 Å². The summed E-state index contributed by atoms with van der Waals surface area (Å²) < 4.78 is 5.98. The van der Waals surface area contributed by atoms with E-state index in [0.717, 1.165) is 36.1 Å². The molecule has 1 aromatic rings. The highest BCUT2D eigenvalue weighted by Crippen LogP contribution is 2.34. The first-order valence-corrected chi connectivity index (χ1v) is 14.0. The van der Waals surface area contributed by atoms with Gasteiger partial charge in [-0.05, 0) is 60.1 Å². The molecule has 0 fully saturated rings. The zero-order valence-corrected chi connectivity index (χ0v) is 25.5. The van der Waals surface area contributed by atoms with Gasteiger partial charge in [-0.3, -0.25) is 4.79 Å². The molecule has 1 rings (SSSR count). The molecule has 0 heterocycles. The molecule has 0 bridgehead atoms. The third-order valence-corrected chi connectivity index (χ3v) is 7.20. The van der Waals surface area contributed by atoms with Crippen molar-refractivity contribution in [3.8, 4) is 5.75 Å². The standard InChI is InChI=1S/C29H51ClN2O4.ClH/c1-8-9-12-32-28(35)20(4)13-26(34)25(31)16-22(19(2)3)14-21-10-11-24(29(5,6)7)27(15-21)36-18-23(33)17-30;/h10-11,15,19-20,22-23,25-26,33-34H,8-9,12-14,16-18,31H2,1-7H3,(H,32,35);1H/t20?,22-,23?,25-,26-;/m0./s1. The van der Waals surface area contributed by atoms with Crippen LogP contribution < -0.4 is 15.8 Å². The van der Waals surface area contributed by atoms with Crippen LogP contribution >= 0.6 is 24.0 Å². The molecule has 0 saturated heterocycles. The Morgan fingerprint density at radius 1 is 1.16 bits per heavy atom. The maximum Gasteiger partial charge on any atom is 0.222 e. The number of carbonyl (C=O) groups excluding carboxylic acids is 1. The van der Waals surface area contributed by atoms with Gasteiger partial charge in [-0.25, -0.2) is 0 Å². The van der Waals surface area contributed by atoms with Gasteiger partial charge in [0.2, 0.25) is 5.91 Å². The summed E-state index contributed by atoms with van der Waals surface area (Å²) in [5, 5.41) is 23.6. The number of rotatable bonds is 16. The minimum Gasteiger partial charge on any atom is -0.491 e. The van der Waals surface area contributed by atoms with Crippen molar-refractivity contribution in [2.24, 2.45) is 23.5 Å². The topological polar surface area (TPSA) is 105 Å². The molecule has 0 aliphatic heterocycles. The monoisotopic (exact) mass is 562 g/mol. The largest absolute Gasteiger partial charge is 0.491 e. The predicted molar refractivity (Wildman–Crippen MR) is 157 cm³/mol. The first-order chi connectivity index (χ1) is 16.8. The Kier molecular flexibility index (Phi) is 17.0. The number of aliphatic hydroxyl groups is 2. The predicted octanol–water partition coefficient (Wildman–Crippen LogP) is 5.22. The highest BCUT2D eigenvalue weighted by Gasteiger charge is 2.27. The van der Waals surface area contributed by atoms with E-state index >= 15 is 0 Å². The van der Waals surface area contributed by atoms with Gasteiger partial charge in [0.25, 0.3) is 0 Å². The lowest BCUT2D eigenvalue weighted by Gasteiger charge is -2.29. The first-order valence-electron chi connectivity index (χ1n) is 13.5. The van der Waals surface area contributed by atoms with E-state index in [9.17, 15) is 15.0 Å². The lowest BCUT2D eigenvalue weighted by atomic mass is 9.81. The molecule has 0 aromatic heterocycles. The number of unbranched alkanes of at least 4 members (excludes halogenated alkanes) is 1. The normalized spacial score (nSPS) is 15.9. The van der Waals surface area contributed by atoms with Crippen molar-refractivity contribution >= 4 is 29.9 Å². The highest BCUT2D eigenvalue weighted by atomic mass is 35.5. The maximum atomic E-state index is 12.3. The summed E-state index contributed by atoms with van der Waals surface area (Å²) in [7, 11) is 0. The fraction of sp³-hybridized carbons (Fsp3) is 0.759. The molecule has 0 aliphatic rings. The van der Waals surface area contributed by atoms with Gasteiger partial charge >= 0.3 is 0 Å². The van der Waals surface area contributed by atoms with E-state index in [1.54, 1.807) is 0 Å². The summed E-state index contributed by atoms with van der Waals surface area (Å²) in [5.74, 6) is 1.19. The molecule has 0 radical (unpaired) electrons. The van der Waals surface area contributed by atoms with Crippen LogP contribution in [0.3, 0.4) is 0 Å². The van der Waals surface area contributed by atoms with Gasteiger partial charge < -0.3 is 26.0 Å². The second-order valence-electron chi connectivity index (χ2n) is 11.7. The zero-order chi connectivity index (χ0) is 27.5. The fourth-order valence-corrected chi connectivity index (χ4v) is 4.36. The highest BCUT2D eigenvalue weighted by molar-refractivity contribution is 6.18. The van der Waals surface area contributed by atoms with E-state index < -0.39 is 18.2 Å². The molecule has 0 spiro atoms. The lowest BCUT2D eigenvalue weighted by Crippen LogP contribution is -2.41. The molecule has 0 saturated carbocycles. The Bertz CT molecular complexity index is 786. The smallest absolute Gasteiger partial charge is 0.222 e. The number of halogens is 2. The number of benzene rings is 1. The van der Waals surface area contributed by atoms with Crippen LogP contribution in [0.5, 0.6) is 5.75 Å². The summed E-state index contributed by atoms with van der Waals surface area (Å²) in [4.78, 5) is 12.3. The number of amides is 1. The molecule has 8 heteroatoms. The number of nitrogens with one attached hydrogen (secondary N) is 1. The molecule has 5 atom stereocenters. The van der Waals surface area contributed by atoms with Gasteiger partial charge in [-0.2, -0.15) is 0 Å². The molecule has 2 unspecified atom stereocenters. The quantitative estimate of drug-likeness (QED) is 0.163. The molecule has 1 amide bonds. The van der Waals surface area contributed by atoms with Crippen molar-refractivity contribution in [1.29, 1.82) is 0 Å². The van der Waals surface area contributed by atoms with Crippen LogP contribution in [0.4, 0.5) is 0 Å². The molecule has 1 aromatic carbocycles. The zero-order valence-electron chi connectivity index (χ0n) is 23.9. The van der Waals surface area contributed by atoms with Crippen molar-refractivity contribution in [2.75, 3.05) is 19.0 Å². The van der Waals surface area contributed by atoms with Crippen LogP contribution in [-0.4, -0.2) is 53.4 Å². The van der Waals surface area contributed by atoms with Crippen LogP contribution in [0.1, 0.15) is 85.3 Å². The Morgan fingerprint density at radius 2 is 1.81 bits per heavy atom. The van der Waals surface area contributed by atoms with Crippen molar-refractivity contribution < 1.29 is 19.7 Å². The number of alkyl halides is 1. The number of aliphatic hydroxyl groups excluding tert-OH is 2. The third kappa shape index (κ3) is 13.0. The first kappa shape index (κ1) is 35.9. The summed E-state index contributed by atoms with van der Waals surface area (Å²) in [6, 6.07) is 5.88. The summed E-state index contributed by atoms with van der Waals surface area (Å²) in [6.07, 6.45) is 2.33. The Hall–Kier alpha value is -1.05. The molecule has 0 aliphatic carbocycles. The molecule has 216 valence electrons. The van der Waals surface area contributed by atoms with Gasteiger partial charge in [0.15, 0.2) is 0 Å². The minimum atomic E-state index is -0.739. The number of ether oxygens (including phenoxy) is 1. The lowest BCUT2D eigenvalue weighted by molar-refractivity contribution is -0.125. The van der Waals surface area contributed by atoms with Crippen LogP contribution in [0, 0.1) is 17.8 Å². The summed E-state index contributed by atoms with van der Waals surface area (Å²) in [6.45, 7) is 15.5. The Morgan fingerprint density at radius 3 is 2.35 bits per heavy atom. The number of carbonyl (C=O) groups is 1. The van der Waals surface area contributed by atoms with Crippen LogP contribution in [0.2, 0.25) is 0 Å². The number of nitrogens with two attached hydrogens (primary N) is 1. The van der Waals surface area contributed by atoms with Crippen LogP contribution in [0.25, 0.3) is 0 Å².